The summed E-state index contributed by atoms with van der Waals surface area (Å²) >= 11 is 1.60. The van der Waals surface area contributed by atoms with Crippen molar-refractivity contribution in [2.75, 3.05) is 19.0 Å². The second kappa shape index (κ2) is 9.71. The number of carboxylic acid groups (broad SMARTS) is 1. The lowest BCUT2D eigenvalue weighted by atomic mass is 10.2. The van der Waals surface area contributed by atoms with Crippen LogP contribution in [0.25, 0.3) is 0 Å². The van der Waals surface area contributed by atoms with Crippen LogP contribution >= 0.6 is 11.8 Å². The van der Waals surface area contributed by atoms with Gasteiger partial charge in [-0.3, -0.25) is 10.1 Å². The van der Waals surface area contributed by atoms with E-state index in [0.717, 1.165) is 28.4 Å². The van der Waals surface area contributed by atoms with Crippen LogP contribution in [0.3, 0.4) is 0 Å². The Bertz CT molecular complexity index is 796. The van der Waals surface area contributed by atoms with Crippen molar-refractivity contribution in [3.63, 3.8) is 0 Å². The van der Waals surface area contributed by atoms with Crippen molar-refractivity contribution in [2.45, 2.75) is 31.9 Å². The fourth-order valence-corrected chi connectivity index (χ4v) is 4.13. The molecule has 28 heavy (non-hydrogen) atoms. The van der Waals surface area contributed by atoms with Crippen molar-refractivity contribution in [1.82, 2.24) is 5.32 Å². The van der Waals surface area contributed by atoms with Gasteiger partial charge in [-0.15, -0.1) is 11.8 Å². The molecule has 1 heterocycles. The highest BCUT2D eigenvalue weighted by atomic mass is 32.2. The first-order valence-corrected chi connectivity index (χ1v) is 10.4. The van der Waals surface area contributed by atoms with Gasteiger partial charge >= 0.3 is 5.97 Å². The number of aliphatic carboxylic acids is 1. The molecule has 0 amide bonds. The molecule has 2 N–H and O–H groups in total. The van der Waals surface area contributed by atoms with Gasteiger partial charge in [0.2, 0.25) is 0 Å². The van der Waals surface area contributed by atoms with E-state index in [4.69, 9.17) is 19.3 Å². The second-order valence-electron chi connectivity index (χ2n) is 6.28. The minimum atomic E-state index is -0.809. The zero-order chi connectivity index (χ0) is 19.9. The fraction of sp³-hybridized carbons (Fsp3) is 0.381. The Kier molecular flexibility index (Phi) is 7.06. The lowest BCUT2D eigenvalue weighted by molar-refractivity contribution is -0.138. The van der Waals surface area contributed by atoms with Gasteiger partial charge in [0.1, 0.15) is 18.4 Å². The molecule has 1 fully saturated rings. The predicted molar refractivity (Wildman–Crippen MR) is 109 cm³/mol. The van der Waals surface area contributed by atoms with Crippen molar-refractivity contribution in [3.05, 3.63) is 53.6 Å². The molecule has 1 aliphatic heterocycles. The lowest BCUT2D eigenvalue weighted by Crippen LogP contribution is -2.33. The highest BCUT2D eigenvalue weighted by Gasteiger charge is 2.30. The van der Waals surface area contributed by atoms with Crippen molar-refractivity contribution in [3.8, 4) is 17.2 Å². The summed E-state index contributed by atoms with van der Waals surface area (Å²) in [7, 11) is 0. The molecule has 0 unspecified atom stereocenters. The first kappa shape index (κ1) is 20.4. The molecule has 0 spiro atoms. The van der Waals surface area contributed by atoms with Gasteiger partial charge in [-0.1, -0.05) is 18.2 Å². The molecular formula is C21H25NO5S. The van der Waals surface area contributed by atoms with Crippen LogP contribution in [0, 0.1) is 0 Å². The average Bonchev–Trinajstić information content (AvgIpc) is 3.19. The van der Waals surface area contributed by atoms with Crippen molar-refractivity contribution in [1.29, 1.82) is 0 Å². The summed E-state index contributed by atoms with van der Waals surface area (Å²) in [6, 6.07) is 13.1. The number of carboxylic acids is 1. The molecular weight excluding hydrogens is 378 g/mol. The Balaban J connectivity index is 1.59. The first-order valence-electron chi connectivity index (χ1n) is 9.32. The maximum Gasteiger partial charge on any atom is 0.321 e. The van der Waals surface area contributed by atoms with E-state index in [-0.39, 0.29) is 5.37 Å². The molecule has 0 aliphatic carbocycles. The first-order chi connectivity index (χ1) is 13.6. The Morgan fingerprint density at radius 1 is 1.07 bits per heavy atom. The van der Waals surface area contributed by atoms with Gasteiger partial charge in [-0.2, -0.15) is 0 Å². The monoisotopic (exact) mass is 403 g/mol. The maximum atomic E-state index is 11.1. The number of hydrogen-bond donors (Lipinski definition) is 2. The van der Waals surface area contributed by atoms with Gasteiger partial charge < -0.3 is 19.3 Å². The zero-order valence-electron chi connectivity index (χ0n) is 16.0. The van der Waals surface area contributed by atoms with Gasteiger partial charge in [-0.05, 0) is 49.2 Å². The Labute approximate surface area is 169 Å². The normalized spacial score (nSPS) is 18.6. The summed E-state index contributed by atoms with van der Waals surface area (Å²) in [5.41, 5.74) is 2.04. The Hall–Kier alpha value is -2.38. The summed E-state index contributed by atoms with van der Waals surface area (Å²) in [4.78, 5) is 11.1. The largest absolute Gasteiger partial charge is 0.490 e. The van der Waals surface area contributed by atoms with Crippen LogP contribution < -0.4 is 19.5 Å². The van der Waals surface area contributed by atoms with E-state index in [1.165, 1.54) is 0 Å². The molecule has 1 aliphatic rings. The van der Waals surface area contributed by atoms with E-state index >= 15 is 0 Å². The Morgan fingerprint density at radius 2 is 1.79 bits per heavy atom. The molecule has 150 valence electrons. The molecule has 1 saturated heterocycles. The van der Waals surface area contributed by atoms with E-state index in [2.05, 4.69) is 5.32 Å². The van der Waals surface area contributed by atoms with Crippen LogP contribution in [0.2, 0.25) is 0 Å². The molecule has 0 saturated carbocycles. The molecule has 0 radical (unpaired) electrons. The second-order valence-corrected chi connectivity index (χ2v) is 7.41. The number of carbonyl (C=O) groups is 1. The molecule has 3 rings (SSSR count). The zero-order valence-corrected chi connectivity index (χ0v) is 16.8. The third-order valence-corrected chi connectivity index (χ3v) is 5.54. The summed E-state index contributed by atoms with van der Waals surface area (Å²) in [6.45, 7) is 5.46. The van der Waals surface area contributed by atoms with E-state index < -0.39 is 12.0 Å². The van der Waals surface area contributed by atoms with Gasteiger partial charge in [0.25, 0.3) is 0 Å². The third-order valence-electron chi connectivity index (χ3n) is 4.28. The standard InChI is InChI=1S/C21H25NO5S/c1-3-25-18-10-5-14(11-19(18)26-4-2)12-27-16-8-6-15(7-9-16)20-22-17(13-28-20)21(23)24/h5-11,17,20,22H,3-4,12-13H2,1-2H3,(H,23,24)/t17-,20+/m0/s1. The highest BCUT2D eigenvalue weighted by molar-refractivity contribution is 7.99. The number of rotatable bonds is 9. The van der Waals surface area contributed by atoms with E-state index in [1.54, 1.807) is 11.8 Å². The number of thioether (sulfide) groups is 1. The maximum absolute atomic E-state index is 11.1. The molecule has 6 nitrogen and oxygen atoms in total. The topological polar surface area (TPSA) is 77.0 Å². The van der Waals surface area contributed by atoms with Crippen LogP contribution in [0.5, 0.6) is 17.2 Å². The molecule has 0 aromatic heterocycles. The van der Waals surface area contributed by atoms with Crippen LogP contribution in [0.4, 0.5) is 0 Å². The summed E-state index contributed by atoms with van der Waals surface area (Å²) in [5.74, 6) is 1.97. The molecule has 2 atom stereocenters. The van der Waals surface area contributed by atoms with Gasteiger partial charge in [0.15, 0.2) is 11.5 Å². The predicted octanol–water partition coefficient (Wildman–Crippen LogP) is 3.85. The van der Waals surface area contributed by atoms with Gasteiger partial charge in [0.05, 0.1) is 18.6 Å². The van der Waals surface area contributed by atoms with Gasteiger partial charge in [-0.25, -0.2) is 0 Å². The quantitative estimate of drug-likeness (QED) is 0.658. The third kappa shape index (κ3) is 5.11. The van der Waals surface area contributed by atoms with Crippen LogP contribution in [0.1, 0.15) is 30.3 Å². The SMILES string of the molecule is CCOc1ccc(COc2ccc([C@@H]3N[C@H](C(=O)O)CS3)cc2)cc1OCC. The average molecular weight is 404 g/mol. The smallest absolute Gasteiger partial charge is 0.321 e. The van der Waals surface area contributed by atoms with Crippen molar-refractivity contribution >= 4 is 17.7 Å². The van der Waals surface area contributed by atoms with Crippen LogP contribution in [-0.2, 0) is 11.4 Å². The Morgan fingerprint density at radius 3 is 2.43 bits per heavy atom. The molecule has 7 heteroatoms. The van der Waals surface area contributed by atoms with Crippen molar-refractivity contribution in [2.24, 2.45) is 0 Å². The number of benzene rings is 2. The summed E-state index contributed by atoms with van der Waals surface area (Å²) in [5, 5.41) is 12.2. The van der Waals surface area contributed by atoms with Crippen LogP contribution in [0.15, 0.2) is 42.5 Å². The number of hydrogen-bond acceptors (Lipinski definition) is 6. The van der Waals surface area contributed by atoms with Crippen molar-refractivity contribution < 1.29 is 24.1 Å². The summed E-state index contributed by atoms with van der Waals surface area (Å²) < 4.78 is 17.1. The summed E-state index contributed by atoms with van der Waals surface area (Å²) in [6.07, 6.45) is 0. The van der Waals surface area contributed by atoms with Gasteiger partial charge in [0, 0.05) is 5.75 Å². The minimum absolute atomic E-state index is 0.00462. The highest BCUT2D eigenvalue weighted by Crippen LogP contribution is 2.34. The fourth-order valence-electron chi connectivity index (χ4n) is 2.90. The van der Waals surface area contributed by atoms with E-state index in [1.807, 2.05) is 56.3 Å². The minimum Gasteiger partial charge on any atom is -0.490 e. The lowest BCUT2D eigenvalue weighted by Gasteiger charge is -2.14. The van der Waals surface area contributed by atoms with E-state index in [0.29, 0.717) is 25.6 Å². The molecule has 0 bridgehead atoms. The molecule has 2 aromatic carbocycles. The van der Waals surface area contributed by atoms with E-state index in [9.17, 15) is 4.79 Å². The molecule has 2 aromatic rings. The number of ether oxygens (including phenoxy) is 3. The van der Waals surface area contributed by atoms with Crippen LogP contribution in [-0.4, -0.2) is 36.1 Å². The number of nitrogens with one attached hydrogen (secondary N) is 1.